The first-order valence-electron chi connectivity index (χ1n) is 9.47. The van der Waals surface area contributed by atoms with Crippen molar-refractivity contribution < 1.29 is 18.1 Å². The Labute approximate surface area is 193 Å². The number of nitro groups is 1. The second-order valence-corrected chi connectivity index (χ2v) is 9.44. The molecule has 0 aromatic heterocycles. The highest BCUT2D eigenvalue weighted by atomic mass is 32.2. The third-order valence-corrected chi connectivity index (χ3v) is 6.49. The molecule has 3 aromatic rings. The molecular formula is C22H16N4O5S2. The van der Waals surface area contributed by atoms with Crippen molar-refractivity contribution in [1.29, 1.82) is 0 Å². The number of para-hydroxylation sites is 1. The molecule has 0 radical (unpaired) electrons. The van der Waals surface area contributed by atoms with Gasteiger partial charge in [-0.05, 0) is 59.8 Å². The molecule has 0 atom stereocenters. The number of benzene rings is 3. The quantitative estimate of drug-likeness (QED) is 0.332. The molecule has 33 heavy (non-hydrogen) atoms. The highest BCUT2D eigenvalue weighted by molar-refractivity contribution is 8.19. The molecular weight excluding hydrogens is 464 g/mol. The third-order valence-electron chi connectivity index (χ3n) is 4.59. The molecule has 0 saturated carbocycles. The van der Waals surface area contributed by atoms with Gasteiger partial charge in [-0.25, -0.2) is 18.5 Å². The molecule has 1 fully saturated rings. The average Bonchev–Trinajstić information content (AvgIpc) is 3.08. The van der Waals surface area contributed by atoms with Crippen LogP contribution in [0.4, 0.5) is 17.1 Å². The number of nitrogens with two attached hydrogens (primary N) is 1. The van der Waals surface area contributed by atoms with Crippen LogP contribution in [-0.2, 0) is 14.8 Å². The Kier molecular flexibility index (Phi) is 6.09. The van der Waals surface area contributed by atoms with Crippen molar-refractivity contribution in [3.05, 3.63) is 99.4 Å². The molecule has 1 saturated heterocycles. The van der Waals surface area contributed by atoms with Gasteiger partial charge in [0.2, 0.25) is 10.0 Å². The molecule has 166 valence electrons. The van der Waals surface area contributed by atoms with Crippen LogP contribution in [0.1, 0.15) is 5.56 Å². The number of amidine groups is 1. The number of amides is 1. The summed E-state index contributed by atoms with van der Waals surface area (Å²) in [6.07, 6.45) is 1.57. The van der Waals surface area contributed by atoms with E-state index in [2.05, 4.69) is 4.99 Å². The molecule has 0 spiro atoms. The van der Waals surface area contributed by atoms with Gasteiger partial charge in [0, 0.05) is 12.1 Å². The van der Waals surface area contributed by atoms with Gasteiger partial charge in [-0.1, -0.05) is 30.3 Å². The number of nitrogens with zero attached hydrogens (tertiary/aromatic N) is 3. The number of rotatable bonds is 5. The number of aliphatic imine (C=N–C) groups is 1. The molecule has 0 aliphatic carbocycles. The maximum Gasteiger partial charge on any atom is 0.271 e. The summed E-state index contributed by atoms with van der Waals surface area (Å²) in [6, 6.07) is 20.5. The van der Waals surface area contributed by atoms with E-state index in [0.717, 1.165) is 11.8 Å². The van der Waals surface area contributed by atoms with E-state index in [1.807, 2.05) is 6.07 Å². The maximum absolute atomic E-state index is 13.2. The summed E-state index contributed by atoms with van der Waals surface area (Å²) in [5, 5.41) is 16.6. The minimum absolute atomic E-state index is 0.0484. The second-order valence-electron chi connectivity index (χ2n) is 6.87. The number of sulfonamides is 1. The Hall–Kier alpha value is -3.80. The fourth-order valence-electron chi connectivity index (χ4n) is 3.05. The van der Waals surface area contributed by atoms with Gasteiger partial charge in [-0.15, -0.1) is 0 Å². The van der Waals surface area contributed by atoms with E-state index < -0.39 is 14.9 Å². The molecule has 9 nitrogen and oxygen atoms in total. The minimum Gasteiger partial charge on any atom is -0.268 e. The first-order valence-corrected chi connectivity index (χ1v) is 11.8. The van der Waals surface area contributed by atoms with Gasteiger partial charge in [0.15, 0.2) is 5.17 Å². The van der Waals surface area contributed by atoms with Gasteiger partial charge in [-0.2, -0.15) is 0 Å². The minimum atomic E-state index is -3.84. The van der Waals surface area contributed by atoms with Crippen LogP contribution in [0, 0.1) is 10.1 Å². The van der Waals surface area contributed by atoms with Crippen LogP contribution >= 0.6 is 11.8 Å². The van der Waals surface area contributed by atoms with Crippen LogP contribution in [-0.4, -0.2) is 24.4 Å². The summed E-state index contributed by atoms with van der Waals surface area (Å²) in [5.41, 5.74) is 1.45. The van der Waals surface area contributed by atoms with Crippen LogP contribution in [0.3, 0.4) is 0 Å². The highest BCUT2D eigenvalue weighted by Gasteiger charge is 2.34. The van der Waals surface area contributed by atoms with Crippen LogP contribution in [0.25, 0.3) is 6.08 Å². The van der Waals surface area contributed by atoms with Crippen LogP contribution in [0.2, 0.25) is 0 Å². The predicted octanol–water partition coefficient (Wildman–Crippen LogP) is 4.05. The van der Waals surface area contributed by atoms with Crippen molar-refractivity contribution in [3.8, 4) is 0 Å². The number of carbonyl (C=O) groups excluding carboxylic acids is 1. The predicted molar refractivity (Wildman–Crippen MR) is 128 cm³/mol. The number of carbonyl (C=O) groups is 1. The number of nitro benzene ring substituents is 1. The average molecular weight is 481 g/mol. The number of primary sulfonamides is 1. The van der Waals surface area contributed by atoms with E-state index in [9.17, 15) is 23.3 Å². The molecule has 4 rings (SSSR count). The Morgan fingerprint density at radius 2 is 1.70 bits per heavy atom. The van der Waals surface area contributed by atoms with E-state index in [1.165, 1.54) is 41.3 Å². The van der Waals surface area contributed by atoms with Crippen molar-refractivity contribution in [2.45, 2.75) is 4.90 Å². The number of hydrogen-bond acceptors (Lipinski definition) is 7. The number of thioether (sulfide) groups is 1. The molecule has 0 unspecified atom stereocenters. The number of non-ortho nitro benzene ring substituents is 1. The van der Waals surface area contributed by atoms with Gasteiger partial charge < -0.3 is 0 Å². The smallest absolute Gasteiger partial charge is 0.268 e. The summed E-state index contributed by atoms with van der Waals surface area (Å²) < 4.78 is 23.0. The summed E-state index contributed by atoms with van der Waals surface area (Å²) in [4.78, 5) is 30.1. The van der Waals surface area contributed by atoms with Crippen molar-refractivity contribution in [2.24, 2.45) is 10.1 Å². The van der Waals surface area contributed by atoms with E-state index in [-0.39, 0.29) is 16.5 Å². The fourth-order valence-corrected chi connectivity index (χ4v) is 4.57. The standard InChI is InChI=1S/C22H16N4O5S2/c23-33(30,31)19-11-9-16(10-12-19)24-22-25(17-6-2-1-3-7-17)21(27)20(32-22)14-15-5-4-8-18(13-15)26(28)29/h1-14H,(H2,23,30,31)/b20-14?,24-22-. The molecule has 3 aromatic carbocycles. The molecule has 1 aliphatic heterocycles. The Morgan fingerprint density at radius 1 is 1.00 bits per heavy atom. The largest absolute Gasteiger partial charge is 0.271 e. The topological polar surface area (TPSA) is 136 Å². The first-order chi connectivity index (χ1) is 15.7. The number of hydrogen-bond donors (Lipinski definition) is 1. The molecule has 1 aliphatic rings. The van der Waals surface area contributed by atoms with Crippen molar-refractivity contribution in [1.82, 2.24) is 0 Å². The van der Waals surface area contributed by atoms with Gasteiger partial charge >= 0.3 is 0 Å². The Balaban J connectivity index is 1.75. The van der Waals surface area contributed by atoms with Gasteiger partial charge in [0.05, 0.1) is 26.1 Å². The molecule has 1 amide bonds. The SMILES string of the molecule is NS(=O)(=O)c1ccc(/N=C2\SC(=Cc3cccc([N+](=O)[O-])c3)C(=O)N2c2ccccc2)cc1. The van der Waals surface area contributed by atoms with Crippen molar-refractivity contribution in [3.63, 3.8) is 0 Å². The fraction of sp³-hybridized carbons (Fsp3) is 0. The monoisotopic (exact) mass is 480 g/mol. The van der Waals surface area contributed by atoms with Gasteiger partial charge in [0.25, 0.3) is 11.6 Å². The van der Waals surface area contributed by atoms with Crippen LogP contribution in [0.15, 0.2) is 93.7 Å². The van der Waals surface area contributed by atoms with Crippen LogP contribution in [0.5, 0.6) is 0 Å². The summed E-state index contributed by atoms with van der Waals surface area (Å²) in [5.74, 6) is -0.336. The zero-order chi connectivity index (χ0) is 23.6. The Bertz CT molecular complexity index is 1400. The van der Waals surface area contributed by atoms with Gasteiger partial charge in [-0.3, -0.25) is 19.8 Å². The van der Waals surface area contributed by atoms with E-state index in [0.29, 0.717) is 27.0 Å². The van der Waals surface area contributed by atoms with E-state index in [1.54, 1.807) is 42.5 Å². The summed E-state index contributed by atoms with van der Waals surface area (Å²) in [7, 11) is -3.84. The molecule has 0 bridgehead atoms. The molecule has 1 heterocycles. The maximum atomic E-state index is 13.2. The highest BCUT2D eigenvalue weighted by Crippen LogP contribution is 2.37. The van der Waals surface area contributed by atoms with Crippen LogP contribution < -0.4 is 10.0 Å². The molecule has 11 heteroatoms. The van der Waals surface area contributed by atoms with Gasteiger partial charge in [0.1, 0.15) is 0 Å². The zero-order valence-electron chi connectivity index (χ0n) is 16.9. The lowest BCUT2D eigenvalue weighted by Crippen LogP contribution is -2.28. The normalized spacial score (nSPS) is 16.5. The Morgan fingerprint density at radius 3 is 2.33 bits per heavy atom. The first kappa shape index (κ1) is 22.4. The number of anilines is 1. The lowest BCUT2D eigenvalue weighted by molar-refractivity contribution is -0.384. The molecule has 2 N–H and O–H groups in total. The lowest BCUT2D eigenvalue weighted by Gasteiger charge is -2.15. The summed E-state index contributed by atoms with van der Waals surface area (Å²) in [6.45, 7) is 0. The summed E-state index contributed by atoms with van der Waals surface area (Å²) >= 11 is 1.11. The van der Waals surface area contributed by atoms with Crippen molar-refractivity contribution >= 4 is 56.0 Å². The van der Waals surface area contributed by atoms with Crippen molar-refractivity contribution in [2.75, 3.05) is 4.90 Å². The zero-order valence-corrected chi connectivity index (χ0v) is 18.5. The van der Waals surface area contributed by atoms with E-state index in [4.69, 9.17) is 5.14 Å². The second kappa shape index (κ2) is 8.98. The van der Waals surface area contributed by atoms with E-state index >= 15 is 0 Å². The third kappa shape index (κ3) is 5.00. The lowest BCUT2D eigenvalue weighted by atomic mass is 10.2.